The molecular weight excluding hydrogens is 602 g/mol. The minimum atomic E-state index is 0.212. The highest BCUT2D eigenvalue weighted by Gasteiger charge is 2.09. The van der Waals surface area contributed by atoms with Gasteiger partial charge in [-0.3, -0.25) is 4.79 Å². The number of ketones is 1. The molecule has 6 aromatic rings. The SMILES string of the molecule is CC(=O)Cc1ccc(C)c2ccccc12.Cc1ccc(CC(C)CCCc2ccc(O)cc2)c2ccccc12.NCCc1ccc(O)cc1. The molecule has 0 aliphatic rings. The summed E-state index contributed by atoms with van der Waals surface area (Å²) in [6, 6.07) is 40.4. The number of carbonyl (C=O) groups is 1. The zero-order valence-electron chi connectivity index (χ0n) is 29.5. The number of hydrogen-bond acceptors (Lipinski definition) is 4. The van der Waals surface area contributed by atoms with Crippen LogP contribution in [0.1, 0.15) is 60.1 Å². The van der Waals surface area contributed by atoms with Gasteiger partial charge in [0.2, 0.25) is 0 Å². The van der Waals surface area contributed by atoms with Crippen LogP contribution in [0.4, 0.5) is 0 Å². The van der Waals surface area contributed by atoms with Gasteiger partial charge in [-0.2, -0.15) is 0 Å². The van der Waals surface area contributed by atoms with Gasteiger partial charge in [0, 0.05) is 6.42 Å². The van der Waals surface area contributed by atoms with Crippen molar-refractivity contribution in [1.82, 2.24) is 0 Å². The lowest BCUT2D eigenvalue weighted by Crippen LogP contribution is -2.02. The Bertz CT molecular complexity index is 1930. The lowest BCUT2D eigenvalue weighted by atomic mass is 9.91. The average molecular weight is 654 g/mol. The van der Waals surface area contributed by atoms with Gasteiger partial charge in [0.25, 0.3) is 0 Å². The van der Waals surface area contributed by atoms with Crippen LogP contribution in [0.2, 0.25) is 0 Å². The van der Waals surface area contributed by atoms with Crippen molar-refractivity contribution in [2.45, 2.75) is 66.2 Å². The number of fused-ring (bicyclic) bond motifs is 2. The van der Waals surface area contributed by atoms with Crippen molar-refractivity contribution < 1.29 is 15.0 Å². The molecule has 1 atom stereocenters. The van der Waals surface area contributed by atoms with Crippen LogP contribution in [0.25, 0.3) is 21.5 Å². The van der Waals surface area contributed by atoms with Crippen molar-refractivity contribution in [3.63, 3.8) is 0 Å². The van der Waals surface area contributed by atoms with Gasteiger partial charge >= 0.3 is 0 Å². The molecule has 0 aliphatic carbocycles. The van der Waals surface area contributed by atoms with Crippen LogP contribution in [0.5, 0.6) is 11.5 Å². The molecule has 0 heterocycles. The minimum Gasteiger partial charge on any atom is -0.508 e. The summed E-state index contributed by atoms with van der Waals surface area (Å²) in [5, 5.41) is 23.5. The lowest BCUT2D eigenvalue weighted by Gasteiger charge is -2.14. The molecule has 0 amide bonds. The number of rotatable bonds is 10. The summed E-state index contributed by atoms with van der Waals surface area (Å²) in [6.07, 6.45) is 6.04. The summed E-state index contributed by atoms with van der Waals surface area (Å²) in [5.41, 5.74) is 13.0. The smallest absolute Gasteiger partial charge is 0.134 e. The zero-order valence-corrected chi connectivity index (χ0v) is 29.5. The number of nitrogens with two attached hydrogens (primary N) is 1. The molecule has 1 unspecified atom stereocenters. The van der Waals surface area contributed by atoms with Crippen molar-refractivity contribution in [2.24, 2.45) is 11.7 Å². The maximum Gasteiger partial charge on any atom is 0.134 e. The molecule has 0 saturated carbocycles. The van der Waals surface area contributed by atoms with Crippen molar-refractivity contribution in [3.05, 3.63) is 155 Å². The molecule has 0 aliphatic heterocycles. The first-order valence-electron chi connectivity index (χ1n) is 17.3. The fourth-order valence-electron chi connectivity index (χ4n) is 6.25. The van der Waals surface area contributed by atoms with Gasteiger partial charge in [-0.15, -0.1) is 0 Å². The number of phenolic OH excluding ortho intramolecular Hbond substituents is 2. The topological polar surface area (TPSA) is 83.5 Å². The van der Waals surface area contributed by atoms with E-state index in [1.807, 2.05) is 36.4 Å². The molecule has 0 aromatic heterocycles. The van der Waals surface area contributed by atoms with E-state index in [0.29, 0.717) is 30.4 Å². The molecule has 4 N–H and O–H groups in total. The first-order valence-corrected chi connectivity index (χ1v) is 17.3. The Morgan fingerprint density at radius 1 is 0.612 bits per heavy atom. The Kier molecular flexibility index (Phi) is 14.0. The third-order valence-electron chi connectivity index (χ3n) is 8.94. The quantitative estimate of drug-likeness (QED) is 0.137. The summed E-state index contributed by atoms with van der Waals surface area (Å²) in [6.45, 7) is 8.93. The van der Waals surface area contributed by atoms with Crippen LogP contribution >= 0.6 is 0 Å². The first-order chi connectivity index (χ1) is 23.6. The molecule has 0 radical (unpaired) electrons. The van der Waals surface area contributed by atoms with E-state index in [9.17, 15) is 9.90 Å². The highest BCUT2D eigenvalue weighted by molar-refractivity contribution is 5.92. The molecule has 6 aromatic carbocycles. The van der Waals surface area contributed by atoms with Gasteiger partial charge in [-0.05, 0) is 138 Å². The van der Waals surface area contributed by atoms with E-state index in [1.54, 1.807) is 31.2 Å². The molecule has 0 bridgehead atoms. The second-order valence-corrected chi connectivity index (χ2v) is 13.1. The van der Waals surface area contributed by atoms with E-state index in [4.69, 9.17) is 10.8 Å². The Hall–Kier alpha value is -4.93. The molecule has 0 saturated heterocycles. The molecule has 4 heteroatoms. The maximum absolute atomic E-state index is 11.1. The number of aryl methyl sites for hydroxylation is 3. The molecule has 0 spiro atoms. The highest BCUT2D eigenvalue weighted by Crippen LogP contribution is 2.26. The molecule has 49 heavy (non-hydrogen) atoms. The van der Waals surface area contributed by atoms with Crippen LogP contribution in [0, 0.1) is 19.8 Å². The molecule has 254 valence electrons. The van der Waals surface area contributed by atoms with E-state index >= 15 is 0 Å². The minimum absolute atomic E-state index is 0.212. The number of benzene rings is 6. The molecule has 4 nitrogen and oxygen atoms in total. The van der Waals surface area contributed by atoms with Gasteiger partial charge in [-0.25, -0.2) is 0 Å². The highest BCUT2D eigenvalue weighted by atomic mass is 16.3. The number of aromatic hydroxyl groups is 2. The monoisotopic (exact) mass is 653 g/mol. The van der Waals surface area contributed by atoms with E-state index in [2.05, 4.69) is 81.4 Å². The van der Waals surface area contributed by atoms with E-state index in [-0.39, 0.29) is 5.78 Å². The Labute approximate surface area is 292 Å². The van der Waals surface area contributed by atoms with Gasteiger partial charge in [0.15, 0.2) is 0 Å². The number of hydrogen-bond donors (Lipinski definition) is 3. The largest absolute Gasteiger partial charge is 0.508 e. The van der Waals surface area contributed by atoms with Gasteiger partial charge in [0.1, 0.15) is 17.3 Å². The summed E-state index contributed by atoms with van der Waals surface area (Å²) in [5.74, 6) is 1.54. The van der Waals surface area contributed by atoms with Gasteiger partial charge in [-0.1, -0.05) is 110 Å². The average Bonchev–Trinajstić information content (AvgIpc) is 3.10. The van der Waals surface area contributed by atoms with Gasteiger partial charge < -0.3 is 15.9 Å². The van der Waals surface area contributed by atoms with Crippen molar-refractivity contribution >= 4 is 27.3 Å². The van der Waals surface area contributed by atoms with Crippen LogP contribution < -0.4 is 5.73 Å². The second-order valence-electron chi connectivity index (χ2n) is 13.1. The maximum atomic E-state index is 11.1. The van der Waals surface area contributed by atoms with Crippen LogP contribution in [-0.4, -0.2) is 22.5 Å². The third kappa shape index (κ3) is 11.3. The Morgan fingerprint density at radius 2 is 1.06 bits per heavy atom. The second kappa shape index (κ2) is 18.6. The number of Topliss-reactive ketones (excluding diaryl/α,β-unsaturated/α-hetero) is 1. The van der Waals surface area contributed by atoms with E-state index < -0.39 is 0 Å². The van der Waals surface area contributed by atoms with Crippen molar-refractivity contribution in [1.29, 1.82) is 0 Å². The summed E-state index contributed by atoms with van der Waals surface area (Å²) < 4.78 is 0. The van der Waals surface area contributed by atoms with Crippen LogP contribution in [0.15, 0.2) is 121 Å². The summed E-state index contributed by atoms with van der Waals surface area (Å²) in [4.78, 5) is 11.1. The fourth-order valence-corrected chi connectivity index (χ4v) is 6.25. The first kappa shape index (κ1) is 36.9. The van der Waals surface area contributed by atoms with Crippen molar-refractivity contribution in [2.75, 3.05) is 6.54 Å². The van der Waals surface area contributed by atoms with Gasteiger partial charge in [0.05, 0.1) is 0 Å². The molecule has 6 rings (SSSR count). The van der Waals surface area contributed by atoms with E-state index in [1.165, 1.54) is 62.2 Å². The zero-order chi connectivity index (χ0) is 35.2. The standard InChI is InChI=1S/C23H26O.C14H14O.C8H11NO/c1-17(6-5-7-19-11-14-21(24)15-12-19)16-20-13-10-18(2)22-8-3-4-9-23(20)22;1-10-7-8-12(9-11(2)15)14-6-4-3-5-13(10)14;9-6-5-7-1-3-8(10)4-2-7/h3-4,8-15,17,24H,5-7,16H2,1-2H3;3-8H,9H2,1-2H3;1-4,10H,5-6,9H2. The fraction of sp³-hybridized carbons (Fsp3) is 0.267. The van der Waals surface area contributed by atoms with Crippen molar-refractivity contribution in [3.8, 4) is 11.5 Å². The van der Waals surface area contributed by atoms with E-state index in [0.717, 1.165) is 24.8 Å². The number of carbonyl (C=O) groups excluding carboxylic acids is 1. The predicted molar refractivity (Wildman–Crippen MR) is 207 cm³/mol. The summed E-state index contributed by atoms with van der Waals surface area (Å²) >= 11 is 0. The Balaban J connectivity index is 0.000000184. The summed E-state index contributed by atoms with van der Waals surface area (Å²) in [7, 11) is 0. The van der Waals surface area contributed by atoms with Crippen LogP contribution in [-0.2, 0) is 30.5 Å². The predicted octanol–water partition coefficient (Wildman–Crippen LogP) is 10.2. The molecular formula is C45H51NO3. The molecule has 0 fully saturated rings. The Morgan fingerprint density at radius 3 is 1.55 bits per heavy atom. The number of phenols is 2. The normalized spacial score (nSPS) is 11.3. The van der Waals surface area contributed by atoms with Crippen LogP contribution in [0.3, 0.4) is 0 Å². The third-order valence-corrected chi connectivity index (χ3v) is 8.94. The lowest BCUT2D eigenvalue weighted by molar-refractivity contribution is -0.116.